The molecule has 0 saturated carbocycles. The van der Waals surface area contributed by atoms with Crippen molar-refractivity contribution in [3.8, 4) is 0 Å². The predicted molar refractivity (Wildman–Crippen MR) is 148 cm³/mol. The van der Waals surface area contributed by atoms with Crippen molar-refractivity contribution in [2.75, 3.05) is 6.54 Å². The third-order valence-corrected chi connectivity index (χ3v) is 7.60. The lowest BCUT2D eigenvalue weighted by molar-refractivity contribution is -0.185. The second-order valence-electron chi connectivity index (χ2n) is 9.48. The summed E-state index contributed by atoms with van der Waals surface area (Å²) in [7, 11) is 0. The lowest BCUT2D eigenvalue weighted by atomic mass is 9.94. The first-order valence-electron chi connectivity index (χ1n) is 12.8. The van der Waals surface area contributed by atoms with Crippen LogP contribution in [0.4, 0.5) is 4.79 Å². The van der Waals surface area contributed by atoms with Gasteiger partial charge in [-0.05, 0) is 29.5 Å². The summed E-state index contributed by atoms with van der Waals surface area (Å²) in [4.78, 5) is 29.5. The van der Waals surface area contributed by atoms with Crippen LogP contribution in [0.15, 0.2) is 100 Å². The number of hydrogen-bond donors (Lipinski definition) is 1. The smallest absolute Gasteiger partial charge is 0.413 e. The summed E-state index contributed by atoms with van der Waals surface area (Å²) in [6.45, 7) is 6.43. The van der Waals surface area contributed by atoms with Crippen LogP contribution in [0.5, 0.6) is 0 Å². The van der Waals surface area contributed by atoms with Crippen LogP contribution in [0.2, 0.25) is 0 Å². The number of thioether (sulfide) groups is 1. The Labute approximate surface area is 228 Å². The summed E-state index contributed by atoms with van der Waals surface area (Å²) in [6, 6.07) is 26.2. The first-order chi connectivity index (χ1) is 18.4. The van der Waals surface area contributed by atoms with Crippen LogP contribution in [-0.2, 0) is 26.6 Å². The molecule has 38 heavy (non-hydrogen) atoms. The number of cyclic esters (lactones) is 1. The Morgan fingerprint density at radius 3 is 2.29 bits per heavy atom. The number of aliphatic hydroxyl groups is 1. The van der Waals surface area contributed by atoms with Crippen LogP contribution in [0.3, 0.4) is 0 Å². The fraction of sp³-hybridized carbons (Fsp3) is 0.290. The van der Waals surface area contributed by atoms with Gasteiger partial charge in [-0.2, -0.15) is 0 Å². The minimum Gasteiger partial charge on any atom is -0.511 e. The Kier molecular flexibility index (Phi) is 8.79. The van der Waals surface area contributed by atoms with Gasteiger partial charge in [-0.1, -0.05) is 111 Å². The highest BCUT2D eigenvalue weighted by Gasteiger charge is 2.50. The van der Waals surface area contributed by atoms with E-state index in [0.717, 1.165) is 16.0 Å². The number of benzene rings is 3. The molecule has 0 radical (unpaired) electrons. The molecule has 1 aliphatic rings. The normalized spacial score (nSPS) is 17.3. The molecule has 198 valence electrons. The first-order valence-corrected chi connectivity index (χ1v) is 13.6. The fourth-order valence-corrected chi connectivity index (χ4v) is 5.63. The average molecular weight is 532 g/mol. The molecule has 0 spiro atoms. The van der Waals surface area contributed by atoms with E-state index in [1.165, 1.54) is 16.7 Å². The molecule has 3 aromatic rings. The first kappa shape index (κ1) is 27.3. The number of carbonyl (C=O) groups excluding carboxylic acids is 2. The van der Waals surface area contributed by atoms with E-state index in [1.54, 1.807) is 12.1 Å². The highest BCUT2D eigenvalue weighted by Crippen LogP contribution is 2.46. The quantitative estimate of drug-likeness (QED) is 0.288. The summed E-state index contributed by atoms with van der Waals surface area (Å²) < 4.78 is 11.8. The molecule has 6 nitrogen and oxygen atoms in total. The zero-order chi connectivity index (χ0) is 27.1. The van der Waals surface area contributed by atoms with Gasteiger partial charge >= 0.3 is 12.1 Å². The van der Waals surface area contributed by atoms with Crippen molar-refractivity contribution in [1.82, 2.24) is 4.90 Å². The van der Waals surface area contributed by atoms with Gasteiger partial charge in [0.05, 0.1) is 6.42 Å². The van der Waals surface area contributed by atoms with E-state index in [9.17, 15) is 14.7 Å². The number of rotatable bonds is 9. The van der Waals surface area contributed by atoms with Crippen molar-refractivity contribution in [2.24, 2.45) is 0 Å². The molecular weight excluding hydrogens is 498 g/mol. The van der Waals surface area contributed by atoms with Gasteiger partial charge in [0.25, 0.3) is 0 Å². The van der Waals surface area contributed by atoms with Gasteiger partial charge in [0.15, 0.2) is 0 Å². The van der Waals surface area contributed by atoms with E-state index in [-0.39, 0.29) is 36.2 Å². The van der Waals surface area contributed by atoms with Gasteiger partial charge < -0.3 is 14.6 Å². The standard InChI is InChI=1S/C31H33NO5S/c1-4-19-32(30(35)36-21-23-13-7-5-8-14-23)31(24-15-9-6-10-16-24)20-26(33)28(29(34)37-31)38-27-18-12-11-17-25(27)22(2)3/h5-18,22,33H,4,19-21H2,1-3H3. The van der Waals surface area contributed by atoms with Crippen molar-refractivity contribution in [3.63, 3.8) is 0 Å². The van der Waals surface area contributed by atoms with E-state index >= 15 is 0 Å². The van der Waals surface area contributed by atoms with E-state index < -0.39 is 17.8 Å². The van der Waals surface area contributed by atoms with Crippen molar-refractivity contribution in [1.29, 1.82) is 0 Å². The minimum absolute atomic E-state index is 0.0770. The third-order valence-electron chi connectivity index (χ3n) is 6.40. The van der Waals surface area contributed by atoms with Gasteiger partial charge in [-0.3, -0.25) is 4.90 Å². The van der Waals surface area contributed by atoms with Crippen LogP contribution in [0.25, 0.3) is 0 Å². The summed E-state index contributed by atoms with van der Waals surface area (Å²) in [6.07, 6.45) is -0.114. The Morgan fingerprint density at radius 2 is 1.66 bits per heavy atom. The lowest BCUT2D eigenvalue weighted by Gasteiger charge is -2.44. The largest absolute Gasteiger partial charge is 0.511 e. The topological polar surface area (TPSA) is 76.1 Å². The molecule has 1 N–H and O–H groups in total. The van der Waals surface area contributed by atoms with Gasteiger partial charge in [0.2, 0.25) is 5.72 Å². The second kappa shape index (κ2) is 12.2. The number of amides is 1. The fourth-order valence-electron chi connectivity index (χ4n) is 4.53. The average Bonchev–Trinajstić information content (AvgIpc) is 2.93. The SMILES string of the molecule is CCCN(C(=O)OCc1ccccc1)C1(c2ccccc2)CC(O)=C(Sc2ccccc2C(C)C)C(=O)O1. The number of carbonyl (C=O) groups is 2. The van der Waals surface area contributed by atoms with Crippen LogP contribution in [-0.4, -0.2) is 28.6 Å². The highest BCUT2D eigenvalue weighted by atomic mass is 32.2. The molecule has 1 amide bonds. The number of hydrogen-bond acceptors (Lipinski definition) is 6. The highest BCUT2D eigenvalue weighted by molar-refractivity contribution is 8.04. The molecule has 4 rings (SSSR count). The summed E-state index contributed by atoms with van der Waals surface area (Å²) in [5.41, 5.74) is 0.949. The molecule has 3 aromatic carbocycles. The van der Waals surface area contributed by atoms with Gasteiger partial charge in [0.1, 0.15) is 17.3 Å². The zero-order valence-electron chi connectivity index (χ0n) is 21.9. The molecule has 1 unspecified atom stereocenters. The molecule has 1 atom stereocenters. The molecule has 0 aliphatic carbocycles. The van der Waals surface area contributed by atoms with E-state index in [1.807, 2.05) is 79.7 Å². The van der Waals surface area contributed by atoms with Crippen molar-refractivity contribution >= 4 is 23.8 Å². The molecular formula is C31H33NO5S. The maximum atomic E-state index is 13.6. The Morgan fingerprint density at radius 1 is 1.03 bits per heavy atom. The Balaban J connectivity index is 1.71. The number of ether oxygens (including phenoxy) is 2. The third kappa shape index (κ3) is 5.89. The molecule has 0 bridgehead atoms. The van der Waals surface area contributed by atoms with Crippen LogP contribution in [0, 0.1) is 0 Å². The second-order valence-corrected chi connectivity index (χ2v) is 10.5. The maximum Gasteiger partial charge on any atom is 0.413 e. The predicted octanol–water partition coefficient (Wildman–Crippen LogP) is 7.52. The van der Waals surface area contributed by atoms with Crippen molar-refractivity contribution in [3.05, 3.63) is 112 Å². The molecule has 0 fully saturated rings. The molecule has 0 saturated heterocycles. The van der Waals surface area contributed by atoms with Crippen molar-refractivity contribution < 1.29 is 24.2 Å². The Bertz CT molecular complexity index is 1290. The molecule has 7 heteroatoms. The maximum absolute atomic E-state index is 13.6. The monoisotopic (exact) mass is 531 g/mol. The number of aliphatic hydroxyl groups excluding tert-OH is 1. The number of nitrogens with zero attached hydrogens (tertiary/aromatic N) is 1. The van der Waals surface area contributed by atoms with Gasteiger partial charge in [0, 0.05) is 17.0 Å². The van der Waals surface area contributed by atoms with Crippen LogP contribution >= 0.6 is 11.8 Å². The summed E-state index contributed by atoms with van der Waals surface area (Å²) in [5, 5.41) is 11.3. The number of esters is 1. The van der Waals surface area contributed by atoms with E-state index in [0.29, 0.717) is 12.0 Å². The van der Waals surface area contributed by atoms with Crippen LogP contribution in [0.1, 0.15) is 56.2 Å². The molecule has 1 heterocycles. The lowest BCUT2D eigenvalue weighted by Crippen LogP contribution is -2.54. The van der Waals surface area contributed by atoms with Crippen molar-refractivity contribution in [2.45, 2.75) is 56.8 Å². The summed E-state index contributed by atoms with van der Waals surface area (Å²) >= 11 is 1.19. The van der Waals surface area contributed by atoms with E-state index in [2.05, 4.69) is 13.8 Å². The molecule has 0 aromatic heterocycles. The zero-order valence-corrected chi connectivity index (χ0v) is 22.7. The van der Waals surface area contributed by atoms with E-state index in [4.69, 9.17) is 9.47 Å². The summed E-state index contributed by atoms with van der Waals surface area (Å²) in [5.74, 6) is -0.562. The Hall–Kier alpha value is -3.71. The van der Waals surface area contributed by atoms with Gasteiger partial charge in [-0.15, -0.1) is 0 Å². The molecule has 1 aliphatic heterocycles. The van der Waals surface area contributed by atoms with Crippen LogP contribution < -0.4 is 0 Å². The minimum atomic E-state index is -1.55. The van der Waals surface area contributed by atoms with Gasteiger partial charge in [-0.25, -0.2) is 9.59 Å².